The molecule has 0 radical (unpaired) electrons. The van der Waals surface area contributed by atoms with E-state index in [2.05, 4.69) is 58.6 Å². The van der Waals surface area contributed by atoms with E-state index in [1.165, 1.54) is 24.1 Å². The number of aryl methyl sites for hydroxylation is 1. The van der Waals surface area contributed by atoms with Gasteiger partial charge in [-0.05, 0) is 44.7 Å². The molecule has 5 nitrogen and oxygen atoms in total. The molecule has 1 aromatic carbocycles. The van der Waals surface area contributed by atoms with Gasteiger partial charge in [-0.1, -0.05) is 18.2 Å². The fraction of sp³-hybridized carbons (Fsp3) is 0.632. The second kappa shape index (κ2) is 7.88. The third-order valence-corrected chi connectivity index (χ3v) is 5.16. The summed E-state index contributed by atoms with van der Waals surface area (Å²) in [5, 5.41) is 6.99. The number of nitrogens with one attached hydrogen (secondary N) is 2. The van der Waals surface area contributed by atoms with Crippen molar-refractivity contribution in [1.82, 2.24) is 10.6 Å². The van der Waals surface area contributed by atoms with Gasteiger partial charge in [-0.2, -0.15) is 0 Å². The number of para-hydroxylation sites is 1. The maximum absolute atomic E-state index is 5.91. The maximum atomic E-state index is 5.91. The molecule has 3 atom stereocenters. The van der Waals surface area contributed by atoms with E-state index in [1.807, 2.05) is 7.05 Å². The van der Waals surface area contributed by atoms with Gasteiger partial charge in [0.05, 0.1) is 18.2 Å². The van der Waals surface area contributed by atoms with Gasteiger partial charge in [-0.15, -0.1) is 0 Å². The minimum atomic E-state index is 0.368. The minimum absolute atomic E-state index is 0.368. The zero-order valence-electron chi connectivity index (χ0n) is 15.1. The first-order chi connectivity index (χ1) is 11.7. The molecule has 2 saturated heterocycles. The molecule has 2 aliphatic heterocycles. The molecule has 2 bridgehead atoms. The number of hydrogen-bond donors (Lipinski definition) is 2. The fourth-order valence-corrected chi connectivity index (χ4v) is 3.84. The van der Waals surface area contributed by atoms with Crippen molar-refractivity contribution < 1.29 is 4.74 Å². The number of benzene rings is 1. The first-order valence-electron chi connectivity index (χ1n) is 9.14. The molecule has 5 heteroatoms. The SMILES string of the molecule is CCN(CCNC(=NC)NC1CC2CCC1O2)c1ccccc1C. The van der Waals surface area contributed by atoms with Crippen molar-refractivity contribution in [2.24, 2.45) is 4.99 Å². The normalized spacial score (nSPS) is 25.8. The highest BCUT2D eigenvalue weighted by Gasteiger charge is 2.41. The van der Waals surface area contributed by atoms with Crippen LogP contribution in [0.2, 0.25) is 0 Å². The van der Waals surface area contributed by atoms with Crippen molar-refractivity contribution in [3.05, 3.63) is 29.8 Å². The average molecular weight is 330 g/mol. The summed E-state index contributed by atoms with van der Waals surface area (Å²) in [5.74, 6) is 0.886. The van der Waals surface area contributed by atoms with Crippen molar-refractivity contribution in [2.75, 3.05) is 31.6 Å². The average Bonchev–Trinajstić information content (AvgIpc) is 3.21. The van der Waals surface area contributed by atoms with Crippen LogP contribution in [0.3, 0.4) is 0 Å². The Hall–Kier alpha value is -1.75. The Morgan fingerprint density at radius 3 is 2.79 bits per heavy atom. The Labute approximate surface area is 145 Å². The standard InChI is InChI=1S/C19H30N4O/c1-4-23(17-8-6-5-7-14(17)2)12-11-21-19(20-3)22-16-13-15-9-10-18(16)24-15/h5-8,15-16,18H,4,9-13H2,1-3H3,(H2,20,21,22). The molecule has 2 fully saturated rings. The molecule has 1 aromatic rings. The smallest absolute Gasteiger partial charge is 0.191 e. The molecule has 0 amide bonds. The van der Waals surface area contributed by atoms with E-state index in [0.29, 0.717) is 18.2 Å². The number of fused-ring (bicyclic) bond motifs is 2. The largest absolute Gasteiger partial charge is 0.373 e. The van der Waals surface area contributed by atoms with Crippen molar-refractivity contribution in [3.63, 3.8) is 0 Å². The van der Waals surface area contributed by atoms with Gasteiger partial charge in [0.1, 0.15) is 0 Å². The van der Waals surface area contributed by atoms with Crippen LogP contribution in [0.5, 0.6) is 0 Å². The summed E-state index contributed by atoms with van der Waals surface area (Å²) >= 11 is 0. The highest BCUT2D eigenvalue weighted by atomic mass is 16.5. The number of hydrogen-bond acceptors (Lipinski definition) is 3. The fourth-order valence-electron chi connectivity index (χ4n) is 3.84. The zero-order chi connectivity index (χ0) is 16.9. The molecule has 2 aliphatic rings. The van der Waals surface area contributed by atoms with Crippen LogP contribution in [0.4, 0.5) is 5.69 Å². The number of ether oxygens (including phenoxy) is 1. The number of rotatable bonds is 6. The van der Waals surface area contributed by atoms with E-state index >= 15 is 0 Å². The Morgan fingerprint density at radius 1 is 1.33 bits per heavy atom. The van der Waals surface area contributed by atoms with Crippen LogP contribution in [-0.4, -0.2) is 50.9 Å². The van der Waals surface area contributed by atoms with Gasteiger partial charge in [0.2, 0.25) is 0 Å². The summed E-state index contributed by atoms with van der Waals surface area (Å²) in [7, 11) is 1.84. The molecule has 3 unspecified atom stereocenters. The van der Waals surface area contributed by atoms with Crippen LogP contribution < -0.4 is 15.5 Å². The predicted octanol–water partition coefficient (Wildman–Crippen LogP) is 2.31. The van der Waals surface area contributed by atoms with Crippen LogP contribution in [0.1, 0.15) is 31.7 Å². The Morgan fingerprint density at radius 2 is 2.17 bits per heavy atom. The lowest BCUT2D eigenvalue weighted by Crippen LogP contribution is -2.48. The van der Waals surface area contributed by atoms with Crippen LogP contribution in [0, 0.1) is 6.92 Å². The van der Waals surface area contributed by atoms with Crippen LogP contribution in [-0.2, 0) is 4.74 Å². The number of aliphatic imine (C=N–C) groups is 1. The second-order valence-corrected chi connectivity index (χ2v) is 6.73. The van der Waals surface area contributed by atoms with E-state index < -0.39 is 0 Å². The highest BCUT2D eigenvalue weighted by Crippen LogP contribution is 2.34. The molecular weight excluding hydrogens is 300 g/mol. The van der Waals surface area contributed by atoms with Gasteiger partial charge < -0.3 is 20.3 Å². The van der Waals surface area contributed by atoms with Gasteiger partial charge in [-0.3, -0.25) is 4.99 Å². The van der Waals surface area contributed by atoms with Crippen molar-refractivity contribution in [1.29, 1.82) is 0 Å². The Balaban J connectivity index is 1.48. The molecule has 2 N–H and O–H groups in total. The summed E-state index contributed by atoms with van der Waals surface area (Å²) in [6, 6.07) is 8.97. The van der Waals surface area contributed by atoms with E-state index in [4.69, 9.17) is 4.74 Å². The lowest BCUT2D eigenvalue weighted by molar-refractivity contribution is 0.0992. The molecule has 24 heavy (non-hydrogen) atoms. The van der Waals surface area contributed by atoms with Gasteiger partial charge in [0, 0.05) is 32.4 Å². The molecule has 0 saturated carbocycles. The van der Waals surface area contributed by atoms with Crippen LogP contribution in [0.15, 0.2) is 29.3 Å². The van der Waals surface area contributed by atoms with Gasteiger partial charge in [0.25, 0.3) is 0 Å². The topological polar surface area (TPSA) is 48.9 Å². The molecule has 0 spiro atoms. The number of anilines is 1. The van der Waals surface area contributed by atoms with Crippen LogP contribution in [0.25, 0.3) is 0 Å². The highest BCUT2D eigenvalue weighted by molar-refractivity contribution is 5.80. The molecule has 0 aliphatic carbocycles. The quantitative estimate of drug-likeness (QED) is 0.621. The van der Waals surface area contributed by atoms with E-state index in [1.54, 1.807) is 0 Å². The van der Waals surface area contributed by atoms with E-state index in [9.17, 15) is 0 Å². The van der Waals surface area contributed by atoms with Gasteiger partial charge in [-0.25, -0.2) is 0 Å². The molecule has 0 aromatic heterocycles. The number of likely N-dealkylation sites (N-methyl/N-ethyl adjacent to an activating group) is 1. The predicted molar refractivity (Wildman–Crippen MR) is 99.9 cm³/mol. The lowest BCUT2D eigenvalue weighted by Gasteiger charge is -2.26. The van der Waals surface area contributed by atoms with Gasteiger partial charge >= 0.3 is 0 Å². The van der Waals surface area contributed by atoms with Crippen molar-refractivity contribution >= 4 is 11.6 Å². The van der Waals surface area contributed by atoms with Crippen LogP contribution >= 0.6 is 0 Å². The maximum Gasteiger partial charge on any atom is 0.191 e. The summed E-state index contributed by atoms with van der Waals surface area (Å²) in [6.45, 7) is 7.19. The summed E-state index contributed by atoms with van der Waals surface area (Å²) in [4.78, 5) is 6.77. The molecular formula is C19H30N4O. The zero-order valence-corrected chi connectivity index (χ0v) is 15.1. The third-order valence-electron chi connectivity index (χ3n) is 5.16. The number of guanidine groups is 1. The molecule has 132 valence electrons. The van der Waals surface area contributed by atoms with Gasteiger partial charge in [0.15, 0.2) is 5.96 Å². The van der Waals surface area contributed by atoms with E-state index in [0.717, 1.165) is 32.0 Å². The molecule has 2 heterocycles. The summed E-state index contributed by atoms with van der Waals surface area (Å²) in [6.07, 6.45) is 4.33. The monoisotopic (exact) mass is 330 g/mol. The van der Waals surface area contributed by atoms with Crippen molar-refractivity contribution in [2.45, 2.75) is 51.4 Å². The van der Waals surface area contributed by atoms with Crippen molar-refractivity contribution in [3.8, 4) is 0 Å². The summed E-state index contributed by atoms with van der Waals surface area (Å²) < 4.78 is 5.91. The summed E-state index contributed by atoms with van der Waals surface area (Å²) in [5.41, 5.74) is 2.63. The lowest BCUT2D eigenvalue weighted by atomic mass is 9.96. The molecule has 3 rings (SSSR count). The Bertz CT molecular complexity index is 574. The third kappa shape index (κ3) is 3.83. The Kier molecular flexibility index (Phi) is 5.61. The first kappa shape index (κ1) is 17.1. The first-order valence-corrected chi connectivity index (χ1v) is 9.14. The minimum Gasteiger partial charge on any atom is -0.373 e. The number of nitrogens with zero attached hydrogens (tertiary/aromatic N) is 2. The van der Waals surface area contributed by atoms with E-state index in [-0.39, 0.29) is 0 Å². The second-order valence-electron chi connectivity index (χ2n) is 6.73.